The number of thioether (sulfide) groups is 1. The lowest BCUT2D eigenvalue weighted by Gasteiger charge is -2.43. The zero-order valence-corrected chi connectivity index (χ0v) is 14.8. The number of alkyl halides is 1. The molecule has 2 rings (SSSR count). The smallest absolute Gasteiger partial charge is 0.164 e. The van der Waals surface area contributed by atoms with Crippen molar-refractivity contribution in [2.24, 2.45) is 5.41 Å². The Balaban J connectivity index is 2.10. The third kappa shape index (κ3) is 4.11. The van der Waals surface area contributed by atoms with E-state index in [2.05, 4.69) is 20.8 Å². The van der Waals surface area contributed by atoms with Gasteiger partial charge in [0.05, 0.1) is 0 Å². The van der Waals surface area contributed by atoms with E-state index >= 15 is 0 Å². The largest absolute Gasteiger partial charge is 0.285 e. The first-order chi connectivity index (χ1) is 8.97. The van der Waals surface area contributed by atoms with Crippen molar-refractivity contribution in [1.82, 2.24) is 4.90 Å². The molecule has 1 aliphatic carbocycles. The number of nitrogens with zero attached hydrogens (tertiary/aromatic N) is 1. The maximum atomic E-state index is 12.0. The number of sulfone groups is 1. The van der Waals surface area contributed by atoms with Crippen LogP contribution in [0.3, 0.4) is 0 Å². The molecule has 0 aromatic carbocycles. The summed E-state index contributed by atoms with van der Waals surface area (Å²) in [5.41, 5.74) is 0.295. The Bertz CT molecular complexity index is 393. The Morgan fingerprint density at radius 1 is 1.32 bits per heavy atom. The second-order valence-corrected chi connectivity index (χ2v) is 9.94. The molecule has 0 amide bonds. The van der Waals surface area contributed by atoms with Crippen LogP contribution in [0.2, 0.25) is 0 Å². The second-order valence-electron chi connectivity index (χ2n) is 6.02. The molecule has 0 bridgehead atoms. The monoisotopic (exact) mass is 369 g/mol. The van der Waals surface area contributed by atoms with Gasteiger partial charge in [-0.3, -0.25) is 4.90 Å². The number of hydrogen-bond acceptors (Lipinski definition) is 4. The van der Waals surface area contributed by atoms with E-state index in [0.29, 0.717) is 5.41 Å². The summed E-state index contributed by atoms with van der Waals surface area (Å²) in [5.74, 6) is 1.79. The minimum atomic E-state index is -2.97. The highest BCUT2D eigenvalue weighted by Gasteiger charge is 2.38. The van der Waals surface area contributed by atoms with Gasteiger partial charge >= 0.3 is 0 Å². The highest BCUT2D eigenvalue weighted by Crippen LogP contribution is 2.39. The average Bonchev–Trinajstić information content (AvgIpc) is 2.39. The van der Waals surface area contributed by atoms with E-state index in [9.17, 15) is 8.42 Å². The van der Waals surface area contributed by atoms with Crippen molar-refractivity contribution in [2.45, 2.75) is 37.5 Å². The summed E-state index contributed by atoms with van der Waals surface area (Å²) < 4.78 is 23.9. The first-order valence-electron chi connectivity index (χ1n) is 7.04. The molecule has 112 valence electrons. The van der Waals surface area contributed by atoms with E-state index in [0.717, 1.165) is 29.9 Å². The third-order valence-corrected chi connectivity index (χ3v) is 8.30. The Hall–Kier alpha value is 0.740. The van der Waals surface area contributed by atoms with E-state index < -0.39 is 9.84 Å². The van der Waals surface area contributed by atoms with Crippen molar-refractivity contribution in [2.75, 3.05) is 36.2 Å². The van der Waals surface area contributed by atoms with Crippen LogP contribution in [0.15, 0.2) is 0 Å². The Kier molecular flexibility index (Phi) is 5.66. The first-order valence-corrected chi connectivity index (χ1v) is 11.3. The lowest BCUT2D eigenvalue weighted by molar-refractivity contribution is 0.124. The zero-order valence-electron chi connectivity index (χ0n) is 11.6. The van der Waals surface area contributed by atoms with Gasteiger partial charge in [0.2, 0.25) is 0 Å². The molecule has 2 fully saturated rings. The van der Waals surface area contributed by atoms with E-state index in [1.54, 1.807) is 11.8 Å². The molecule has 1 atom stereocenters. The summed E-state index contributed by atoms with van der Waals surface area (Å²) in [6.07, 6.45) is 7.77. The van der Waals surface area contributed by atoms with Crippen LogP contribution in [0.25, 0.3) is 0 Å². The van der Waals surface area contributed by atoms with Crippen LogP contribution in [0.5, 0.6) is 0 Å². The first kappa shape index (κ1) is 16.1. The summed E-state index contributed by atoms with van der Waals surface area (Å²) >= 11 is 5.45. The topological polar surface area (TPSA) is 37.4 Å². The number of rotatable bonds is 4. The number of halogens is 1. The maximum absolute atomic E-state index is 12.0. The van der Waals surface area contributed by atoms with Gasteiger partial charge in [-0.1, -0.05) is 35.2 Å². The molecule has 0 spiro atoms. The van der Waals surface area contributed by atoms with Crippen molar-refractivity contribution in [3.63, 3.8) is 0 Å². The summed E-state index contributed by atoms with van der Waals surface area (Å²) in [7, 11) is -2.97. The Labute approximate surface area is 129 Å². The molecule has 0 N–H and O–H groups in total. The molecule has 1 saturated heterocycles. The van der Waals surface area contributed by atoms with Gasteiger partial charge in [-0.05, 0) is 18.3 Å². The van der Waals surface area contributed by atoms with E-state index in [1.807, 2.05) is 0 Å². The summed E-state index contributed by atoms with van der Waals surface area (Å²) in [6.45, 7) is 1.85. The van der Waals surface area contributed by atoms with Crippen LogP contribution in [-0.2, 0) is 9.84 Å². The lowest BCUT2D eigenvalue weighted by atomic mass is 9.75. The van der Waals surface area contributed by atoms with Crippen molar-refractivity contribution in [3.05, 3.63) is 0 Å². The molecule has 1 saturated carbocycles. The van der Waals surface area contributed by atoms with Crippen molar-refractivity contribution < 1.29 is 8.42 Å². The highest BCUT2D eigenvalue weighted by atomic mass is 79.9. The van der Waals surface area contributed by atoms with Crippen LogP contribution in [0.4, 0.5) is 0 Å². The van der Waals surface area contributed by atoms with Crippen LogP contribution in [0.1, 0.15) is 32.1 Å². The number of hydrogen-bond donors (Lipinski definition) is 0. The summed E-state index contributed by atoms with van der Waals surface area (Å²) in [6, 6.07) is 0. The fourth-order valence-electron chi connectivity index (χ4n) is 3.26. The molecule has 2 aliphatic rings. The van der Waals surface area contributed by atoms with E-state index in [4.69, 9.17) is 0 Å². The van der Waals surface area contributed by atoms with Crippen LogP contribution in [-0.4, -0.2) is 54.9 Å². The SMILES string of the molecule is CS(=O)(=O)C1CSCCN1CC1(CBr)CCCCC1. The third-order valence-electron chi connectivity index (χ3n) is 4.42. The van der Waals surface area contributed by atoms with Gasteiger partial charge in [0.25, 0.3) is 0 Å². The summed E-state index contributed by atoms with van der Waals surface area (Å²) in [5, 5.41) is 0.726. The van der Waals surface area contributed by atoms with E-state index in [1.165, 1.54) is 38.4 Å². The maximum Gasteiger partial charge on any atom is 0.164 e. The van der Waals surface area contributed by atoms with Gasteiger partial charge in [0.15, 0.2) is 9.84 Å². The molecular formula is C13H24BrNO2S2. The molecule has 0 aromatic heterocycles. The van der Waals surface area contributed by atoms with Gasteiger partial charge in [-0.2, -0.15) is 11.8 Å². The van der Waals surface area contributed by atoms with Crippen molar-refractivity contribution >= 4 is 37.5 Å². The molecule has 3 nitrogen and oxygen atoms in total. The van der Waals surface area contributed by atoms with E-state index in [-0.39, 0.29) is 5.37 Å². The van der Waals surface area contributed by atoms with Gasteiger partial charge in [-0.15, -0.1) is 0 Å². The van der Waals surface area contributed by atoms with Crippen LogP contribution < -0.4 is 0 Å². The molecule has 0 radical (unpaired) electrons. The predicted octanol–water partition coefficient (Wildman–Crippen LogP) is 2.75. The van der Waals surface area contributed by atoms with Gasteiger partial charge in [-0.25, -0.2) is 8.42 Å². The minimum absolute atomic E-state index is 0.274. The van der Waals surface area contributed by atoms with Gasteiger partial charge in [0, 0.05) is 36.2 Å². The van der Waals surface area contributed by atoms with Gasteiger partial charge in [0.1, 0.15) is 5.37 Å². The van der Waals surface area contributed by atoms with Crippen molar-refractivity contribution in [1.29, 1.82) is 0 Å². The molecule has 1 unspecified atom stereocenters. The quantitative estimate of drug-likeness (QED) is 0.714. The normalized spacial score (nSPS) is 29.3. The predicted molar refractivity (Wildman–Crippen MR) is 86.8 cm³/mol. The van der Waals surface area contributed by atoms with Crippen molar-refractivity contribution in [3.8, 4) is 0 Å². The molecule has 6 heteroatoms. The van der Waals surface area contributed by atoms with Crippen LogP contribution in [0, 0.1) is 5.41 Å². The summed E-state index contributed by atoms with van der Waals surface area (Å²) in [4.78, 5) is 2.23. The molecule has 1 aliphatic heterocycles. The fraction of sp³-hybridized carbons (Fsp3) is 1.00. The lowest BCUT2D eigenvalue weighted by Crippen LogP contribution is -2.52. The highest BCUT2D eigenvalue weighted by molar-refractivity contribution is 9.09. The molecular weight excluding hydrogens is 346 g/mol. The fourth-order valence-corrected chi connectivity index (χ4v) is 6.94. The minimum Gasteiger partial charge on any atom is -0.285 e. The van der Waals surface area contributed by atoms with Gasteiger partial charge < -0.3 is 0 Å². The molecule has 1 heterocycles. The second kappa shape index (κ2) is 6.67. The standard InChI is InChI=1S/C13H24BrNO2S2/c1-19(16,17)12-9-18-8-7-15(12)11-13(10-14)5-3-2-4-6-13/h12H,2-11H2,1H3. The Morgan fingerprint density at radius 3 is 2.58 bits per heavy atom. The average molecular weight is 370 g/mol. The van der Waals surface area contributed by atoms with Crippen LogP contribution >= 0.6 is 27.7 Å². The zero-order chi connectivity index (χ0) is 13.9. The Morgan fingerprint density at radius 2 is 2.00 bits per heavy atom. The molecule has 0 aromatic rings. The molecule has 19 heavy (non-hydrogen) atoms.